The van der Waals surface area contributed by atoms with Crippen LogP contribution in [0, 0.1) is 0 Å². The van der Waals surface area contributed by atoms with Crippen molar-refractivity contribution in [2.75, 3.05) is 19.8 Å². The van der Waals surface area contributed by atoms with Crippen LogP contribution in [0.15, 0.2) is 68.7 Å². The molecule has 0 aliphatic carbocycles. The molecular weight excluding hydrogens is 370 g/mol. The van der Waals surface area contributed by atoms with Gasteiger partial charge in [0.2, 0.25) is 10.0 Å². The first-order valence-corrected chi connectivity index (χ1v) is 10.1. The smallest absolute Gasteiger partial charge is 0.240 e. The van der Waals surface area contributed by atoms with Crippen molar-refractivity contribution in [2.24, 2.45) is 0 Å². The predicted octanol–water partition coefficient (Wildman–Crippen LogP) is 3.14. The Morgan fingerprint density at radius 3 is 2.22 bits per heavy atom. The summed E-state index contributed by atoms with van der Waals surface area (Å²) >= 11 is 0. The van der Waals surface area contributed by atoms with Crippen LogP contribution in [0.3, 0.4) is 0 Å². The standard InChI is InChI=1S/C19H19NO6S/c21-27(22,14-6-7-18-19(12-14)26-11-3-10-25-18)20-13-15(16-4-1-8-23-16)17-5-2-9-24-17/h1-2,4-9,12,15,20H,3,10-11,13H2. The fourth-order valence-electron chi connectivity index (χ4n) is 2.91. The molecule has 1 N–H and O–H groups in total. The molecule has 8 heteroatoms. The Bertz CT molecular complexity index is 945. The van der Waals surface area contributed by atoms with E-state index in [1.807, 2.05) is 0 Å². The fraction of sp³-hybridized carbons (Fsp3) is 0.263. The molecule has 7 nitrogen and oxygen atoms in total. The molecule has 3 heterocycles. The second-order valence-corrected chi connectivity index (χ2v) is 7.86. The van der Waals surface area contributed by atoms with E-state index in [0.717, 1.165) is 6.42 Å². The molecule has 0 atom stereocenters. The predicted molar refractivity (Wildman–Crippen MR) is 96.5 cm³/mol. The van der Waals surface area contributed by atoms with Crippen LogP contribution in [0.2, 0.25) is 0 Å². The third-order valence-corrected chi connectivity index (χ3v) is 5.70. The Balaban J connectivity index is 1.55. The van der Waals surface area contributed by atoms with Crippen molar-refractivity contribution in [3.63, 3.8) is 0 Å². The third kappa shape index (κ3) is 3.86. The minimum Gasteiger partial charge on any atom is -0.490 e. The highest BCUT2D eigenvalue weighted by Crippen LogP contribution is 2.32. The van der Waals surface area contributed by atoms with Crippen LogP contribution in [-0.2, 0) is 10.0 Å². The first kappa shape index (κ1) is 17.7. The van der Waals surface area contributed by atoms with E-state index in [1.165, 1.54) is 12.1 Å². The number of sulfonamides is 1. The lowest BCUT2D eigenvalue weighted by Crippen LogP contribution is -2.28. The molecule has 27 heavy (non-hydrogen) atoms. The van der Waals surface area contributed by atoms with Gasteiger partial charge in [0.05, 0.1) is 36.6 Å². The molecule has 1 aliphatic rings. The minimum atomic E-state index is -3.75. The second kappa shape index (κ2) is 7.50. The molecular formula is C19H19NO6S. The summed E-state index contributed by atoms with van der Waals surface area (Å²) in [7, 11) is -3.75. The molecule has 0 fully saturated rings. The van der Waals surface area contributed by atoms with Crippen molar-refractivity contribution in [3.8, 4) is 11.5 Å². The molecule has 0 bridgehead atoms. The van der Waals surface area contributed by atoms with Crippen LogP contribution < -0.4 is 14.2 Å². The Morgan fingerprint density at radius 2 is 1.59 bits per heavy atom. The highest BCUT2D eigenvalue weighted by molar-refractivity contribution is 7.89. The average Bonchev–Trinajstić information content (AvgIpc) is 3.33. The van der Waals surface area contributed by atoms with Gasteiger partial charge in [0.15, 0.2) is 11.5 Å². The average molecular weight is 389 g/mol. The Labute approximate surface area is 156 Å². The van der Waals surface area contributed by atoms with Crippen LogP contribution in [0.1, 0.15) is 23.9 Å². The highest BCUT2D eigenvalue weighted by atomic mass is 32.2. The fourth-order valence-corrected chi connectivity index (χ4v) is 3.97. The van der Waals surface area contributed by atoms with E-state index in [9.17, 15) is 8.42 Å². The van der Waals surface area contributed by atoms with Crippen molar-refractivity contribution in [2.45, 2.75) is 17.2 Å². The van der Waals surface area contributed by atoms with Crippen molar-refractivity contribution in [1.82, 2.24) is 4.72 Å². The van der Waals surface area contributed by atoms with Crippen LogP contribution in [-0.4, -0.2) is 28.2 Å². The van der Waals surface area contributed by atoms with Crippen molar-refractivity contribution in [3.05, 3.63) is 66.5 Å². The van der Waals surface area contributed by atoms with E-state index in [-0.39, 0.29) is 17.4 Å². The van der Waals surface area contributed by atoms with E-state index >= 15 is 0 Å². The summed E-state index contributed by atoms with van der Waals surface area (Å²) in [5, 5.41) is 0. The zero-order chi connectivity index (χ0) is 18.7. The Morgan fingerprint density at radius 1 is 0.926 bits per heavy atom. The zero-order valence-electron chi connectivity index (χ0n) is 14.5. The number of rotatable bonds is 6. The molecule has 3 aromatic rings. The maximum absolute atomic E-state index is 12.8. The minimum absolute atomic E-state index is 0.0950. The van der Waals surface area contributed by atoms with Gasteiger partial charge >= 0.3 is 0 Å². The van der Waals surface area contributed by atoms with Gasteiger partial charge in [-0.05, 0) is 36.4 Å². The summed E-state index contributed by atoms with van der Waals surface area (Å²) in [6.07, 6.45) is 3.84. The third-order valence-electron chi connectivity index (χ3n) is 4.28. The molecule has 0 amide bonds. The van der Waals surface area contributed by atoms with E-state index in [2.05, 4.69) is 4.72 Å². The van der Waals surface area contributed by atoms with E-state index in [1.54, 1.807) is 42.9 Å². The molecule has 0 radical (unpaired) electrons. The van der Waals surface area contributed by atoms with E-state index < -0.39 is 10.0 Å². The largest absolute Gasteiger partial charge is 0.490 e. The number of furan rings is 2. The lowest BCUT2D eigenvalue weighted by molar-refractivity contribution is 0.297. The molecule has 0 saturated carbocycles. The van der Waals surface area contributed by atoms with Gasteiger partial charge in [-0.2, -0.15) is 0 Å². The summed E-state index contributed by atoms with van der Waals surface area (Å²) < 4.78 is 50.2. The quantitative estimate of drug-likeness (QED) is 0.696. The van der Waals surface area contributed by atoms with Crippen molar-refractivity contribution in [1.29, 1.82) is 0 Å². The van der Waals surface area contributed by atoms with Gasteiger partial charge in [-0.25, -0.2) is 13.1 Å². The van der Waals surface area contributed by atoms with E-state index in [4.69, 9.17) is 18.3 Å². The molecule has 0 spiro atoms. The molecule has 2 aromatic heterocycles. The molecule has 4 rings (SSSR count). The summed E-state index contributed by atoms with van der Waals surface area (Å²) in [5.74, 6) is 1.85. The van der Waals surface area contributed by atoms with Crippen molar-refractivity contribution >= 4 is 10.0 Å². The van der Waals surface area contributed by atoms with Crippen molar-refractivity contribution < 1.29 is 26.7 Å². The highest BCUT2D eigenvalue weighted by Gasteiger charge is 2.24. The van der Waals surface area contributed by atoms with Gasteiger partial charge in [-0.1, -0.05) is 0 Å². The van der Waals surface area contributed by atoms with Gasteiger partial charge in [0.1, 0.15) is 11.5 Å². The van der Waals surface area contributed by atoms with Gasteiger partial charge in [-0.3, -0.25) is 0 Å². The summed E-state index contributed by atoms with van der Waals surface area (Å²) in [4.78, 5) is 0.115. The van der Waals surface area contributed by atoms with Gasteiger partial charge in [0.25, 0.3) is 0 Å². The first-order chi connectivity index (χ1) is 13.1. The number of benzene rings is 1. The van der Waals surface area contributed by atoms with Crippen LogP contribution in [0.25, 0.3) is 0 Å². The number of hydrogen-bond donors (Lipinski definition) is 1. The zero-order valence-corrected chi connectivity index (χ0v) is 15.3. The lowest BCUT2D eigenvalue weighted by Gasteiger charge is -2.14. The summed E-state index contributed by atoms with van der Waals surface area (Å²) in [6, 6.07) is 11.7. The first-order valence-electron chi connectivity index (χ1n) is 8.59. The lowest BCUT2D eigenvalue weighted by atomic mass is 10.0. The van der Waals surface area contributed by atoms with Crippen LogP contribution >= 0.6 is 0 Å². The number of fused-ring (bicyclic) bond motifs is 1. The number of nitrogens with one attached hydrogen (secondary N) is 1. The Kier molecular flexibility index (Phi) is 4.91. The number of hydrogen-bond acceptors (Lipinski definition) is 6. The second-order valence-electron chi connectivity index (χ2n) is 6.09. The van der Waals surface area contributed by atoms with Gasteiger partial charge < -0.3 is 18.3 Å². The maximum Gasteiger partial charge on any atom is 0.240 e. The maximum atomic E-state index is 12.8. The summed E-state index contributed by atoms with van der Waals surface area (Å²) in [6.45, 7) is 1.13. The van der Waals surface area contributed by atoms with E-state index in [0.29, 0.717) is 36.2 Å². The van der Waals surface area contributed by atoms with Gasteiger partial charge in [0, 0.05) is 19.0 Å². The summed E-state index contributed by atoms with van der Waals surface area (Å²) in [5.41, 5.74) is 0. The Hall–Kier alpha value is -2.71. The molecule has 1 aromatic carbocycles. The SMILES string of the molecule is O=S(=O)(NCC(c1ccco1)c1ccco1)c1ccc2c(c1)OCCCO2. The molecule has 0 saturated heterocycles. The van der Waals surface area contributed by atoms with Crippen LogP contribution in [0.4, 0.5) is 0 Å². The van der Waals surface area contributed by atoms with Gasteiger partial charge in [-0.15, -0.1) is 0 Å². The molecule has 142 valence electrons. The normalized spacial score (nSPS) is 14.3. The topological polar surface area (TPSA) is 90.9 Å². The molecule has 0 unspecified atom stereocenters. The monoisotopic (exact) mass is 389 g/mol. The molecule has 1 aliphatic heterocycles. The van der Waals surface area contributed by atoms with Crippen LogP contribution in [0.5, 0.6) is 11.5 Å². The number of ether oxygens (including phenoxy) is 2.